The van der Waals surface area contributed by atoms with Gasteiger partial charge in [0, 0.05) is 35.4 Å². The molecule has 1 aliphatic rings. The fraction of sp³-hybridized carbons (Fsp3) is 0.240. The summed E-state index contributed by atoms with van der Waals surface area (Å²) in [6, 6.07) is 10.1. The van der Waals surface area contributed by atoms with E-state index in [-0.39, 0.29) is 16.8 Å². The van der Waals surface area contributed by atoms with Gasteiger partial charge < -0.3 is 5.73 Å². The number of carbonyl (C=O) groups is 1. The molecule has 2 aromatic heterocycles. The SMILES string of the molecule is CC#Cc1cncc(-c2csc([C@]3(C)CC(=O)N(C)C(N)=N3)c2)c1.Cc1ccc(S(=O)(=O)O)cc1. The molecule has 1 aromatic carbocycles. The van der Waals surface area contributed by atoms with Crippen molar-refractivity contribution in [3.05, 3.63) is 70.2 Å². The van der Waals surface area contributed by atoms with E-state index >= 15 is 0 Å². The molecule has 3 heterocycles. The monoisotopic (exact) mass is 510 g/mol. The van der Waals surface area contributed by atoms with Crippen molar-refractivity contribution in [2.24, 2.45) is 10.7 Å². The highest BCUT2D eigenvalue weighted by Gasteiger charge is 2.37. The molecule has 35 heavy (non-hydrogen) atoms. The van der Waals surface area contributed by atoms with Crippen LogP contribution in [0.4, 0.5) is 0 Å². The number of pyridine rings is 1. The summed E-state index contributed by atoms with van der Waals surface area (Å²) < 4.78 is 29.6. The van der Waals surface area contributed by atoms with Crippen LogP contribution in [0.5, 0.6) is 0 Å². The Balaban J connectivity index is 0.000000261. The van der Waals surface area contributed by atoms with Crippen molar-refractivity contribution in [1.82, 2.24) is 9.88 Å². The van der Waals surface area contributed by atoms with E-state index in [0.29, 0.717) is 6.42 Å². The standard InChI is InChI=1S/C18H18N4OS.C7H8O3S/c1-4-5-12-6-13(10-20-9-12)14-7-15(24-11-14)18(2)8-16(23)22(3)17(19)21-18;1-6-2-4-7(5-3-6)11(8,9)10/h6-7,9-11H,8H2,1-3H3,(H2,19,21);2-5H,1H3,(H,8,9,10)/t18-;/m0./s1. The van der Waals surface area contributed by atoms with Crippen LogP contribution in [0.15, 0.2) is 64.1 Å². The third-order valence-corrected chi connectivity index (χ3v) is 7.42. The summed E-state index contributed by atoms with van der Waals surface area (Å²) >= 11 is 1.58. The molecule has 1 atom stereocenters. The Kier molecular flexibility index (Phi) is 7.75. The molecule has 0 bridgehead atoms. The van der Waals surface area contributed by atoms with Gasteiger partial charge in [-0.1, -0.05) is 23.6 Å². The van der Waals surface area contributed by atoms with Gasteiger partial charge in [-0.05, 0) is 56.0 Å². The Morgan fingerprint density at radius 2 is 1.86 bits per heavy atom. The van der Waals surface area contributed by atoms with E-state index < -0.39 is 15.7 Å². The first kappa shape index (κ1) is 26.1. The number of hydrogen-bond donors (Lipinski definition) is 2. The quantitative estimate of drug-likeness (QED) is 0.408. The zero-order valence-electron chi connectivity index (χ0n) is 19.8. The van der Waals surface area contributed by atoms with Crippen molar-refractivity contribution in [1.29, 1.82) is 0 Å². The second kappa shape index (κ2) is 10.4. The zero-order valence-corrected chi connectivity index (χ0v) is 21.4. The predicted octanol–water partition coefficient (Wildman–Crippen LogP) is 3.82. The first-order valence-corrected chi connectivity index (χ1v) is 12.9. The van der Waals surface area contributed by atoms with Crippen LogP contribution in [0, 0.1) is 18.8 Å². The zero-order chi connectivity index (χ0) is 25.8. The van der Waals surface area contributed by atoms with Crippen molar-refractivity contribution < 1.29 is 17.8 Å². The lowest BCUT2D eigenvalue weighted by atomic mass is 9.93. The third kappa shape index (κ3) is 6.33. The van der Waals surface area contributed by atoms with E-state index in [1.54, 1.807) is 43.6 Å². The van der Waals surface area contributed by atoms with Gasteiger partial charge in [-0.3, -0.25) is 19.2 Å². The maximum absolute atomic E-state index is 12.1. The van der Waals surface area contributed by atoms with Crippen molar-refractivity contribution in [3.63, 3.8) is 0 Å². The molecular formula is C25H26N4O4S2. The summed E-state index contributed by atoms with van der Waals surface area (Å²) in [7, 11) is -2.37. The van der Waals surface area contributed by atoms with Crippen molar-refractivity contribution >= 4 is 33.3 Å². The molecule has 0 unspecified atom stereocenters. The number of thiophene rings is 1. The Morgan fingerprint density at radius 1 is 1.17 bits per heavy atom. The average molecular weight is 511 g/mol. The molecule has 3 aromatic rings. The first-order chi connectivity index (χ1) is 16.4. The highest BCUT2D eigenvalue weighted by atomic mass is 32.2. The average Bonchev–Trinajstić information content (AvgIpc) is 3.30. The molecule has 0 spiro atoms. The minimum atomic E-state index is -4.02. The van der Waals surface area contributed by atoms with Crippen LogP contribution < -0.4 is 5.73 Å². The van der Waals surface area contributed by atoms with Crippen LogP contribution in [0.1, 0.15) is 36.3 Å². The lowest BCUT2D eigenvalue weighted by Gasteiger charge is -2.32. The van der Waals surface area contributed by atoms with Crippen LogP contribution >= 0.6 is 11.3 Å². The van der Waals surface area contributed by atoms with Crippen LogP contribution in [0.2, 0.25) is 0 Å². The maximum atomic E-state index is 12.1. The molecule has 1 amide bonds. The molecule has 0 aliphatic carbocycles. The number of hydrogen-bond acceptors (Lipinski definition) is 7. The van der Waals surface area contributed by atoms with Gasteiger partial charge in [-0.25, -0.2) is 4.99 Å². The summed E-state index contributed by atoms with van der Waals surface area (Å²) in [6.07, 6.45) is 3.87. The summed E-state index contributed by atoms with van der Waals surface area (Å²) in [5.41, 5.74) is 9.15. The number of rotatable bonds is 3. The van der Waals surface area contributed by atoms with E-state index in [4.69, 9.17) is 10.3 Å². The number of aromatic nitrogens is 1. The number of aliphatic imine (C=N–C) groups is 1. The summed E-state index contributed by atoms with van der Waals surface area (Å²) in [4.78, 5) is 23.3. The Hall–Kier alpha value is -3.52. The van der Waals surface area contributed by atoms with Crippen molar-refractivity contribution in [2.45, 2.75) is 37.6 Å². The first-order valence-electron chi connectivity index (χ1n) is 10.6. The number of aryl methyl sites for hydroxylation is 1. The molecule has 4 rings (SSSR count). The van der Waals surface area contributed by atoms with Gasteiger partial charge in [-0.2, -0.15) is 8.42 Å². The molecule has 3 N–H and O–H groups in total. The number of nitrogens with zero attached hydrogens (tertiary/aromatic N) is 3. The molecule has 182 valence electrons. The van der Waals surface area contributed by atoms with Gasteiger partial charge in [0.1, 0.15) is 5.54 Å². The van der Waals surface area contributed by atoms with E-state index in [1.807, 2.05) is 26.1 Å². The van der Waals surface area contributed by atoms with E-state index in [0.717, 1.165) is 27.1 Å². The van der Waals surface area contributed by atoms with Crippen LogP contribution in [0.25, 0.3) is 11.1 Å². The minimum absolute atomic E-state index is 0.0261. The van der Waals surface area contributed by atoms with E-state index in [9.17, 15) is 13.2 Å². The number of carbonyl (C=O) groups excluding carboxylic acids is 1. The summed E-state index contributed by atoms with van der Waals surface area (Å²) in [5, 5.41) is 2.05. The lowest BCUT2D eigenvalue weighted by Crippen LogP contribution is -2.47. The number of benzene rings is 1. The topological polar surface area (TPSA) is 126 Å². The number of nitrogens with two attached hydrogens (primary N) is 1. The summed E-state index contributed by atoms with van der Waals surface area (Å²) in [5.74, 6) is 6.12. The Bertz CT molecular complexity index is 1430. The van der Waals surface area contributed by atoms with Gasteiger partial charge >= 0.3 is 0 Å². The molecule has 0 saturated heterocycles. The lowest BCUT2D eigenvalue weighted by molar-refractivity contribution is -0.128. The van der Waals surface area contributed by atoms with Gasteiger partial charge in [0.25, 0.3) is 10.1 Å². The Labute approximate surface area is 209 Å². The van der Waals surface area contributed by atoms with Crippen LogP contribution in [-0.4, -0.2) is 41.8 Å². The molecule has 0 radical (unpaired) electrons. The third-order valence-electron chi connectivity index (χ3n) is 5.36. The number of amides is 1. The fourth-order valence-corrected chi connectivity index (χ4v) is 4.85. The van der Waals surface area contributed by atoms with Crippen molar-refractivity contribution in [3.8, 4) is 23.0 Å². The molecule has 10 heteroatoms. The maximum Gasteiger partial charge on any atom is 0.294 e. The second-order valence-electron chi connectivity index (χ2n) is 8.20. The molecular weight excluding hydrogens is 484 g/mol. The largest absolute Gasteiger partial charge is 0.369 e. The molecule has 1 aliphatic heterocycles. The smallest absolute Gasteiger partial charge is 0.294 e. The van der Waals surface area contributed by atoms with Crippen LogP contribution in [0.3, 0.4) is 0 Å². The minimum Gasteiger partial charge on any atom is -0.369 e. The van der Waals surface area contributed by atoms with Gasteiger partial charge in [0.05, 0.1) is 11.3 Å². The molecule has 8 nitrogen and oxygen atoms in total. The van der Waals surface area contributed by atoms with Gasteiger partial charge in [0.15, 0.2) is 5.96 Å². The fourth-order valence-electron chi connectivity index (χ4n) is 3.34. The molecule has 0 saturated carbocycles. The van der Waals surface area contributed by atoms with Crippen LogP contribution in [-0.2, 0) is 20.5 Å². The molecule has 0 fully saturated rings. The predicted molar refractivity (Wildman–Crippen MR) is 137 cm³/mol. The van der Waals surface area contributed by atoms with Gasteiger partial charge in [0.2, 0.25) is 5.91 Å². The van der Waals surface area contributed by atoms with Crippen molar-refractivity contribution in [2.75, 3.05) is 7.05 Å². The van der Waals surface area contributed by atoms with E-state index in [2.05, 4.69) is 33.3 Å². The Morgan fingerprint density at radius 3 is 2.46 bits per heavy atom. The second-order valence-corrected chi connectivity index (χ2v) is 10.5. The normalized spacial score (nSPS) is 17.6. The van der Waals surface area contributed by atoms with E-state index in [1.165, 1.54) is 17.0 Å². The summed E-state index contributed by atoms with van der Waals surface area (Å²) in [6.45, 7) is 5.58. The van der Waals surface area contributed by atoms with Gasteiger partial charge in [-0.15, -0.1) is 17.3 Å². The highest BCUT2D eigenvalue weighted by Crippen LogP contribution is 2.39. The number of guanidine groups is 1. The highest BCUT2D eigenvalue weighted by molar-refractivity contribution is 7.85.